The second kappa shape index (κ2) is 7.06. The van der Waals surface area contributed by atoms with Crippen LogP contribution in [0.15, 0.2) is 41.0 Å². The van der Waals surface area contributed by atoms with Gasteiger partial charge in [-0.15, -0.1) is 0 Å². The number of esters is 1. The third-order valence-electron chi connectivity index (χ3n) is 4.13. The number of fused-ring (bicyclic) bond motifs is 2. The minimum Gasteiger partial charge on any atom is -0.486 e. The van der Waals surface area contributed by atoms with Crippen molar-refractivity contribution in [3.63, 3.8) is 0 Å². The molecule has 8 heteroatoms. The molecule has 0 bridgehead atoms. The number of carbonyl (C=O) groups excluding carboxylic acids is 2. The molecule has 3 heterocycles. The summed E-state index contributed by atoms with van der Waals surface area (Å²) in [5.74, 6) is 0.436. The van der Waals surface area contributed by atoms with Crippen LogP contribution in [0, 0.1) is 0 Å². The van der Waals surface area contributed by atoms with Crippen LogP contribution in [0.3, 0.4) is 0 Å². The van der Waals surface area contributed by atoms with Crippen molar-refractivity contribution in [3.8, 4) is 11.5 Å². The average Bonchev–Trinajstić information content (AvgIpc) is 3.24. The minimum absolute atomic E-state index is 0.0639. The Hall–Kier alpha value is -3.42. The molecule has 27 heavy (non-hydrogen) atoms. The number of aromatic nitrogens is 1. The van der Waals surface area contributed by atoms with Gasteiger partial charge in [0.1, 0.15) is 25.5 Å². The van der Waals surface area contributed by atoms with Gasteiger partial charge in [0, 0.05) is 23.9 Å². The lowest BCUT2D eigenvalue weighted by Crippen LogP contribution is -2.22. The van der Waals surface area contributed by atoms with Crippen LogP contribution in [0.5, 0.6) is 11.5 Å². The Morgan fingerprint density at radius 1 is 1.15 bits per heavy atom. The lowest BCUT2D eigenvalue weighted by Gasteiger charge is -2.19. The van der Waals surface area contributed by atoms with Crippen LogP contribution < -0.4 is 14.8 Å². The molecule has 1 aliphatic heterocycles. The normalized spacial score (nSPS) is 12.8. The highest BCUT2D eigenvalue weighted by molar-refractivity contribution is 5.97. The lowest BCUT2D eigenvalue weighted by atomic mass is 10.2. The van der Waals surface area contributed by atoms with Crippen LogP contribution in [0.25, 0.3) is 11.1 Å². The largest absolute Gasteiger partial charge is 0.486 e. The molecule has 0 aliphatic carbocycles. The second-order valence-electron chi connectivity index (χ2n) is 5.91. The molecule has 1 N–H and O–H groups in total. The minimum atomic E-state index is -0.504. The summed E-state index contributed by atoms with van der Waals surface area (Å²) in [5, 5.41) is 2.81. The molecule has 140 valence electrons. The van der Waals surface area contributed by atoms with E-state index in [9.17, 15) is 9.59 Å². The molecule has 1 aliphatic rings. The number of benzene rings is 1. The van der Waals surface area contributed by atoms with E-state index < -0.39 is 5.97 Å². The van der Waals surface area contributed by atoms with E-state index in [0.29, 0.717) is 41.5 Å². The van der Waals surface area contributed by atoms with Crippen molar-refractivity contribution in [2.24, 2.45) is 0 Å². The molecular formula is C19H18N2O6. The molecule has 1 aromatic carbocycles. The third-order valence-corrected chi connectivity index (χ3v) is 4.13. The quantitative estimate of drug-likeness (QED) is 0.695. The number of nitrogens with one attached hydrogen (secondary N) is 1. The lowest BCUT2D eigenvalue weighted by molar-refractivity contribution is -0.116. The van der Waals surface area contributed by atoms with E-state index in [2.05, 4.69) is 5.32 Å². The molecule has 0 atom stereocenters. The monoisotopic (exact) mass is 370 g/mol. The van der Waals surface area contributed by atoms with E-state index in [1.165, 1.54) is 6.26 Å². The van der Waals surface area contributed by atoms with Gasteiger partial charge in [0.25, 0.3) is 0 Å². The van der Waals surface area contributed by atoms with Gasteiger partial charge in [0.05, 0.1) is 18.4 Å². The first-order valence-corrected chi connectivity index (χ1v) is 8.59. The number of nitrogens with zero attached hydrogens (tertiary/aromatic N) is 1. The second-order valence-corrected chi connectivity index (χ2v) is 5.91. The van der Waals surface area contributed by atoms with E-state index in [0.717, 1.165) is 0 Å². The summed E-state index contributed by atoms with van der Waals surface area (Å²) < 4.78 is 23.0. The fourth-order valence-corrected chi connectivity index (χ4v) is 2.99. The van der Waals surface area contributed by atoms with Gasteiger partial charge in [-0.05, 0) is 19.1 Å². The van der Waals surface area contributed by atoms with Crippen LogP contribution >= 0.6 is 0 Å². The number of carbonyl (C=O) groups is 2. The summed E-state index contributed by atoms with van der Waals surface area (Å²) in [6, 6.07) is 8.47. The first-order chi connectivity index (χ1) is 13.2. The Morgan fingerprint density at radius 3 is 2.78 bits per heavy atom. The van der Waals surface area contributed by atoms with E-state index in [1.807, 2.05) is 0 Å². The van der Waals surface area contributed by atoms with Crippen molar-refractivity contribution >= 4 is 28.7 Å². The smallest absolute Gasteiger partial charge is 0.355 e. The number of rotatable bonds is 5. The maximum atomic E-state index is 12.6. The number of furan rings is 1. The summed E-state index contributed by atoms with van der Waals surface area (Å²) >= 11 is 0. The van der Waals surface area contributed by atoms with Crippen LogP contribution in [0.4, 0.5) is 5.69 Å². The molecule has 0 saturated heterocycles. The van der Waals surface area contributed by atoms with Gasteiger partial charge in [-0.3, -0.25) is 4.79 Å². The average molecular weight is 370 g/mol. The van der Waals surface area contributed by atoms with Gasteiger partial charge in [-0.1, -0.05) is 0 Å². The van der Waals surface area contributed by atoms with Gasteiger partial charge in [-0.25, -0.2) is 4.79 Å². The fourth-order valence-electron chi connectivity index (χ4n) is 2.99. The van der Waals surface area contributed by atoms with Gasteiger partial charge in [-0.2, -0.15) is 0 Å². The number of hydrogen-bond donors (Lipinski definition) is 1. The Balaban J connectivity index is 1.55. The van der Waals surface area contributed by atoms with Crippen LogP contribution in [-0.4, -0.2) is 36.3 Å². The Morgan fingerprint density at radius 2 is 1.96 bits per heavy atom. The van der Waals surface area contributed by atoms with Crippen molar-refractivity contribution in [2.45, 2.75) is 13.5 Å². The highest BCUT2D eigenvalue weighted by Gasteiger charge is 2.20. The van der Waals surface area contributed by atoms with Gasteiger partial charge in [0.2, 0.25) is 5.91 Å². The predicted molar refractivity (Wildman–Crippen MR) is 96.2 cm³/mol. The van der Waals surface area contributed by atoms with E-state index in [1.54, 1.807) is 41.8 Å². The number of ether oxygens (including phenoxy) is 3. The number of amides is 1. The van der Waals surface area contributed by atoms with Crippen molar-refractivity contribution in [3.05, 3.63) is 42.3 Å². The summed E-state index contributed by atoms with van der Waals surface area (Å²) in [6.45, 7) is 2.88. The molecule has 4 rings (SSSR count). The molecule has 8 nitrogen and oxygen atoms in total. The zero-order valence-corrected chi connectivity index (χ0v) is 14.7. The molecule has 2 aromatic heterocycles. The maximum absolute atomic E-state index is 12.6. The van der Waals surface area contributed by atoms with Crippen LogP contribution in [-0.2, 0) is 16.1 Å². The predicted octanol–water partition coefficient (Wildman–Crippen LogP) is 2.82. The van der Waals surface area contributed by atoms with E-state index in [4.69, 9.17) is 18.6 Å². The van der Waals surface area contributed by atoms with Gasteiger partial charge >= 0.3 is 5.97 Å². The fraction of sp³-hybridized carbons (Fsp3) is 0.263. The zero-order valence-electron chi connectivity index (χ0n) is 14.7. The number of hydrogen-bond acceptors (Lipinski definition) is 6. The van der Waals surface area contributed by atoms with Crippen LogP contribution in [0.2, 0.25) is 0 Å². The molecule has 0 fully saturated rings. The third kappa shape index (κ3) is 3.33. The van der Waals surface area contributed by atoms with E-state index in [-0.39, 0.29) is 24.8 Å². The summed E-state index contributed by atoms with van der Waals surface area (Å²) in [7, 11) is 0. The molecule has 0 saturated carbocycles. The Labute approximate surface area is 154 Å². The SMILES string of the molecule is CCOC(=O)c1cc2occc2n1CC(=O)Nc1ccc2c(c1)OCCO2. The van der Waals surface area contributed by atoms with Crippen LogP contribution in [0.1, 0.15) is 17.4 Å². The highest BCUT2D eigenvalue weighted by atomic mass is 16.6. The molecule has 3 aromatic rings. The first kappa shape index (κ1) is 17.0. The van der Waals surface area contributed by atoms with Crippen molar-refractivity contribution in [1.82, 2.24) is 4.57 Å². The Kier molecular flexibility index (Phi) is 4.45. The highest BCUT2D eigenvalue weighted by Crippen LogP contribution is 2.32. The summed E-state index contributed by atoms with van der Waals surface area (Å²) in [4.78, 5) is 24.7. The molecule has 0 spiro atoms. The van der Waals surface area contributed by atoms with E-state index >= 15 is 0 Å². The van der Waals surface area contributed by atoms with Crippen molar-refractivity contribution in [2.75, 3.05) is 25.1 Å². The molecule has 0 radical (unpaired) electrons. The van der Waals surface area contributed by atoms with Gasteiger partial charge in [0.15, 0.2) is 17.1 Å². The summed E-state index contributed by atoms with van der Waals surface area (Å²) in [5.41, 5.74) is 2.02. The van der Waals surface area contributed by atoms with Crippen molar-refractivity contribution < 1.29 is 28.2 Å². The van der Waals surface area contributed by atoms with Crippen molar-refractivity contribution in [1.29, 1.82) is 0 Å². The maximum Gasteiger partial charge on any atom is 0.355 e. The Bertz CT molecular complexity index is 1000. The molecule has 0 unspecified atom stereocenters. The van der Waals surface area contributed by atoms with Gasteiger partial charge < -0.3 is 28.5 Å². The first-order valence-electron chi connectivity index (χ1n) is 8.59. The molecular weight excluding hydrogens is 352 g/mol. The zero-order chi connectivity index (χ0) is 18.8. The summed E-state index contributed by atoms with van der Waals surface area (Å²) in [6.07, 6.45) is 1.51. The number of anilines is 1. The standard InChI is InChI=1S/C19H18N2O6/c1-2-24-19(23)14-10-16-13(5-6-25-16)21(14)11-18(22)20-12-3-4-15-17(9-12)27-8-7-26-15/h3-6,9-10H,2,7-8,11H2,1H3,(H,20,22). The molecule has 1 amide bonds. The topological polar surface area (TPSA) is 91.9 Å².